The average molecular weight is 308 g/mol. The van der Waals surface area contributed by atoms with Crippen LogP contribution in [-0.4, -0.2) is 10.9 Å². The number of ether oxygens (including phenoxy) is 1. The van der Waals surface area contributed by atoms with Crippen LogP contribution < -0.4 is 4.74 Å². The van der Waals surface area contributed by atoms with E-state index in [4.69, 9.17) is 16.3 Å². The summed E-state index contributed by atoms with van der Waals surface area (Å²) in [5.74, 6) is 5.03. The number of benzene rings is 1. The van der Waals surface area contributed by atoms with Gasteiger partial charge >= 0.3 is 0 Å². The fourth-order valence-electron chi connectivity index (χ4n) is 1.57. The number of alkyl halides is 1. The Labute approximate surface area is 126 Å². The van der Waals surface area contributed by atoms with E-state index in [9.17, 15) is 8.78 Å². The maximum Gasteiger partial charge on any atom is 0.159 e. The number of aromatic nitrogens is 1. The predicted molar refractivity (Wildman–Crippen MR) is 77.1 cm³/mol. The average Bonchev–Trinajstić information content (AvgIpc) is 2.49. The van der Waals surface area contributed by atoms with Gasteiger partial charge in [0.2, 0.25) is 0 Å². The van der Waals surface area contributed by atoms with E-state index >= 15 is 0 Å². The molecule has 0 unspecified atom stereocenters. The van der Waals surface area contributed by atoms with E-state index in [-0.39, 0.29) is 6.61 Å². The first-order valence-electron chi connectivity index (χ1n) is 6.25. The Hall–Kier alpha value is -2.12. The fourth-order valence-corrected chi connectivity index (χ4v) is 1.67. The van der Waals surface area contributed by atoms with Crippen LogP contribution in [0.15, 0.2) is 36.7 Å². The van der Waals surface area contributed by atoms with Crippen LogP contribution in [0.4, 0.5) is 8.78 Å². The second-order valence-corrected chi connectivity index (χ2v) is 4.57. The van der Waals surface area contributed by atoms with Gasteiger partial charge in [-0.25, -0.2) is 8.78 Å². The first-order valence-corrected chi connectivity index (χ1v) is 6.79. The Bertz CT molecular complexity index is 679. The number of nitrogens with zero attached hydrogens (tertiary/aromatic N) is 1. The Balaban J connectivity index is 2.01. The molecule has 0 spiro atoms. The van der Waals surface area contributed by atoms with Crippen LogP contribution in [0.25, 0.3) is 0 Å². The van der Waals surface area contributed by atoms with Crippen LogP contribution in [0, 0.1) is 23.5 Å². The summed E-state index contributed by atoms with van der Waals surface area (Å²) in [6, 6.07) is 5.37. The zero-order valence-corrected chi connectivity index (χ0v) is 11.8. The van der Waals surface area contributed by atoms with Crippen molar-refractivity contribution in [2.24, 2.45) is 0 Å². The summed E-state index contributed by atoms with van der Waals surface area (Å²) in [6.45, 7) is 0.122. The lowest BCUT2D eigenvalue weighted by Crippen LogP contribution is -1.98. The molecule has 108 valence electrons. The topological polar surface area (TPSA) is 22.1 Å². The highest BCUT2D eigenvalue weighted by molar-refractivity contribution is 6.18. The van der Waals surface area contributed by atoms with Crippen LogP contribution >= 0.6 is 11.6 Å². The van der Waals surface area contributed by atoms with Crippen LogP contribution in [0.2, 0.25) is 0 Å². The molecule has 5 heteroatoms. The monoisotopic (exact) mass is 307 g/mol. The van der Waals surface area contributed by atoms with Gasteiger partial charge in [0.15, 0.2) is 11.6 Å². The highest BCUT2D eigenvalue weighted by atomic mass is 35.5. The third-order valence-electron chi connectivity index (χ3n) is 2.55. The Kier molecular flexibility index (Phi) is 5.53. The lowest BCUT2D eigenvalue weighted by atomic mass is 10.2. The molecule has 0 bridgehead atoms. The first kappa shape index (κ1) is 15.3. The number of rotatable bonds is 4. The van der Waals surface area contributed by atoms with Gasteiger partial charge in [0.05, 0.1) is 6.20 Å². The summed E-state index contributed by atoms with van der Waals surface area (Å²) >= 11 is 5.54. The number of hydrogen-bond acceptors (Lipinski definition) is 2. The van der Waals surface area contributed by atoms with Gasteiger partial charge in [0.25, 0.3) is 0 Å². The molecular weight excluding hydrogens is 296 g/mol. The molecule has 0 aliphatic rings. The van der Waals surface area contributed by atoms with Gasteiger partial charge in [-0.2, -0.15) is 0 Å². The molecule has 0 atom stereocenters. The fraction of sp³-hybridized carbons (Fsp3) is 0.188. The molecule has 21 heavy (non-hydrogen) atoms. The van der Waals surface area contributed by atoms with Gasteiger partial charge in [-0.3, -0.25) is 4.98 Å². The van der Waals surface area contributed by atoms with Crippen LogP contribution in [0.5, 0.6) is 5.75 Å². The molecule has 0 fully saturated rings. The van der Waals surface area contributed by atoms with Crippen LogP contribution in [0.3, 0.4) is 0 Å². The number of halogens is 3. The predicted octanol–water partition coefficient (Wildman–Crippen LogP) is 3.92. The molecule has 0 amide bonds. The SMILES string of the molecule is Fc1ccc(COc2cncc(C#CCCCl)c2)cc1F. The van der Waals surface area contributed by atoms with E-state index in [0.717, 1.165) is 12.1 Å². The molecule has 0 aliphatic carbocycles. The van der Waals surface area contributed by atoms with Gasteiger partial charge in [-0.1, -0.05) is 17.9 Å². The van der Waals surface area contributed by atoms with Crippen molar-refractivity contribution in [3.63, 3.8) is 0 Å². The molecular formula is C16H12ClF2NO. The van der Waals surface area contributed by atoms with Crippen LogP contribution in [-0.2, 0) is 6.61 Å². The quantitative estimate of drug-likeness (QED) is 0.631. The lowest BCUT2D eigenvalue weighted by molar-refractivity contribution is 0.304. The highest BCUT2D eigenvalue weighted by Crippen LogP contribution is 2.14. The Morgan fingerprint density at radius 1 is 1.14 bits per heavy atom. The highest BCUT2D eigenvalue weighted by Gasteiger charge is 2.03. The standard InChI is InChI=1S/C16H12ClF2NO/c17-6-2-1-3-12-7-14(10-20-9-12)21-11-13-4-5-15(18)16(19)8-13/h4-5,7-10H,2,6,11H2. The third-order valence-corrected chi connectivity index (χ3v) is 2.74. The maximum absolute atomic E-state index is 13.1. The van der Waals surface area contributed by atoms with Crippen molar-refractivity contribution in [3.8, 4) is 17.6 Å². The third kappa shape index (κ3) is 4.73. The molecule has 2 aromatic rings. The summed E-state index contributed by atoms with van der Waals surface area (Å²) in [7, 11) is 0. The van der Waals surface area contributed by atoms with Crippen molar-refractivity contribution in [2.75, 3.05) is 5.88 Å². The normalized spacial score (nSPS) is 9.86. The van der Waals surface area contributed by atoms with E-state index in [1.54, 1.807) is 12.3 Å². The molecule has 1 aromatic heterocycles. The van der Waals surface area contributed by atoms with Gasteiger partial charge in [0, 0.05) is 24.1 Å². The minimum atomic E-state index is -0.894. The molecule has 0 saturated carbocycles. The van der Waals surface area contributed by atoms with Crippen molar-refractivity contribution in [1.29, 1.82) is 0 Å². The molecule has 0 aliphatic heterocycles. The van der Waals surface area contributed by atoms with Gasteiger partial charge in [0.1, 0.15) is 12.4 Å². The lowest BCUT2D eigenvalue weighted by Gasteiger charge is -2.06. The Morgan fingerprint density at radius 3 is 2.76 bits per heavy atom. The zero-order chi connectivity index (χ0) is 15.1. The molecule has 2 rings (SSSR count). The molecule has 0 saturated heterocycles. The van der Waals surface area contributed by atoms with Crippen molar-refractivity contribution < 1.29 is 13.5 Å². The maximum atomic E-state index is 13.1. The molecule has 0 N–H and O–H groups in total. The van der Waals surface area contributed by atoms with E-state index in [1.807, 2.05) is 0 Å². The smallest absolute Gasteiger partial charge is 0.159 e. The summed E-state index contributed by atoms with van der Waals surface area (Å²) in [4.78, 5) is 4.01. The van der Waals surface area contributed by atoms with Crippen molar-refractivity contribution >= 4 is 11.6 Å². The van der Waals surface area contributed by atoms with E-state index in [1.165, 1.54) is 12.3 Å². The number of pyridine rings is 1. The molecule has 1 heterocycles. The molecule has 2 nitrogen and oxygen atoms in total. The van der Waals surface area contributed by atoms with Gasteiger partial charge in [-0.15, -0.1) is 11.6 Å². The summed E-state index contributed by atoms with van der Waals surface area (Å²) < 4.78 is 31.4. The van der Waals surface area contributed by atoms with Crippen molar-refractivity contribution in [3.05, 3.63) is 59.4 Å². The summed E-state index contributed by atoms with van der Waals surface area (Å²) in [5, 5.41) is 0. The van der Waals surface area contributed by atoms with Crippen molar-refractivity contribution in [2.45, 2.75) is 13.0 Å². The zero-order valence-electron chi connectivity index (χ0n) is 11.1. The van der Waals surface area contributed by atoms with Gasteiger partial charge in [-0.05, 0) is 23.8 Å². The summed E-state index contributed by atoms with van der Waals surface area (Å²) in [5.41, 5.74) is 1.25. The first-order chi connectivity index (χ1) is 10.2. The van der Waals surface area contributed by atoms with E-state index in [2.05, 4.69) is 16.8 Å². The van der Waals surface area contributed by atoms with Crippen molar-refractivity contribution in [1.82, 2.24) is 4.98 Å². The number of hydrogen-bond donors (Lipinski definition) is 0. The summed E-state index contributed by atoms with van der Waals surface area (Å²) in [6.07, 6.45) is 3.75. The Morgan fingerprint density at radius 2 is 2.00 bits per heavy atom. The van der Waals surface area contributed by atoms with E-state index in [0.29, 0.717) is 29.2 Å². The van der Waals surface area contributed by atoms with E-state index < -0.39 is 11.6 Å². The molecule has 1 aromatic carbocycles. The van der Waals surface area contributed by atoms with Crippen LogP contribution in [0.1, 0.15) is 17.5 Å². The van der Waals surface area contributed by atoms with Gasteiger partial charge < -0.3 is 4.74 Å². The second-order valence-electron chi connectivity index (χ2n) is 4.19. The largest absolute Gasteiger partial charge is 0.487 e. The minimum Gasteiger partial charge on any atom is -0.487 e. The second kappa shape index (κ2) is 7.61. The minimum absolute atomic E-state index is 0.122. The molecule has 0 radical (unpaired) electrons.